The van der Waals surface area contributed by atoms with E-state index in [1.54, 1.807) is 35.4 Å². The summed E-state index contributed by atoms with van der Waals surface area (Å²) in [6.45, 7) is 0. The predicted molar refractivity (Wildman–Crippen MR) is 93.2 cm³/mol. The van der Waals surface area contributed by atoms with E-state index in [0.29, 0.717) is 10.6 Å². The van der Waals surface area contributed by atoms with Gasteiger partial charge in [0.2, 0.25) is 0 Å². The summed E-state index contributed by atoms with van der Waals surface area (Å²) in [6.07, 6.45) is 6.51. The molecule has 0 radical (unpaired) electrons. The quantitative estimate of drug-likeness (QED) is 0.628. The molecule has 1 aromatic carbocycles. The number of hydrogen-bond acceptors (Lipinski definition) is 6. The van der Waals surface area contributed by atoms with Crippen molar-refractivity contribution < 1.29 is 19.1 Å². The molecule has 0 fully saturated rings. The summed E-state index contributed by atoms with van der Waals surface area (Å²) in [5, 5.41) is 0. The van der Waals surface area contributed by atoms with Crippen molar-refractivity contribution in [2.45, 2.75) is 4.90 Å². The predicted octanol–water partition coefficient (Wildman–Crippen LogP) is 3.23. The van der Waals surface area contributed by atoms with Gasteiger partial charge in [0.15, 0.2) is 0 Å². The van der Waals surface area contributed by atoms with Gasteiger partial charge in [-0.15, -0.1) is 12.6 Å². The Balaban J connectivity index is 2.68. The fourth-order valence-corrected chi connectivity index (χ4v) is 2.91. The second-order valence-corrected chi connectivity index (χ2v) is 5.85. The smallest absolute Gasteiger partial charge is 0.355 e. The van der Waals surface area contributed by atoms with Crippen LogP contribution in [0.1, 0.15) is 0 Å². The van der Waals surface area contributed by atoms with Crippen molar-refractivity contribution >= 4 is 46.2 Å². The number of benzene rings is 1. The summed E-state index contributed by atoms with van der Waals surface area (Å²) in [6, 6.07) is 5.38. The van der Waals surface area contributed by atoms with E-state index in [4.69, 9.17) is 9.47 Å². The standard InChI is InChI=1S/C16H14BrNO4S/c1-21-15(19)11-5-3-4-8-18(14(11)16(20)22-2)12-7-6-10(17)9-13(12)23/h3-9,23H,1-2H3. The molecule has 7 heteroatoms. The second-order valence-electron chi connectivity index (χ2n) is 4.45. The minimum Gasteiger partial charge on any atom is -0.465 e. The highest BCUT2D eigenvalue weighted by Crippen LogP contribution is 2.32. The van der Waals surface area contributed by atoms with Crippen molar-refractivity contribution in [2.75, 3.05) is 19.1 Å². The zero-order chi connectivity index (χ0) is 17.0. The Kier molecular flexibility index (Phi) is 5.68. The molecule has 0 bridgehead atoms. The van der Waals surface area contributed by atoms with Crippen LogP contribution < -0.4 is 4.90 Å². The van der Waals surface area contributed by atoms with Crippen molar-refractivity contribution in [3.8, 4) is 0 Å². The van der Waals surface area contributed by atoms with E-state index >= 15 is 0 Å². The topological polar surface area (TPSA) is 55.8 Å². The van der Waals surface area contributed by atoms with Gasteiger partial charge in [0.05, 0.1) is 25.5 Å². The molecule has 0 saturated carbocycles. The summed E-state index contributed by atoms with van der Waals surface area (Å²) >= 11 is 7.80. The lowest BCUT2D eigenvalue weighted by Gasteiger charge is -2.24. The monoisotopic (exact) mass is 395 g/mol. The van der Waals surface area contributed by atoms with E-state index in [0.717, 1.165) is 4.47 Å². The maximum absolute atomic E-state index is 12.3. The molecule has 0 aromatic heterocycles. The Morgan fingerprint density at radius 2 is 1.83 bits per heavy atom. The minimum atomic E-state index is -0.655. The highest BCUT2D eigenvalue weighted by Gasteiger charge is 2.28. The van der Waals surface area contributed by atoms with Crippen LogP contribution in [0, 0.1) is 0 Å². The molecule has 0 saturated heterocycles. The number of hydrogen-bond donors (Lipinski definition) is 1. The number of carbonyl (C=O) groups excluding carboxylic acids is 2. The third kappa shape index (κ3) is 3.68. The average Bonchev–Trinajstić information content (AvgIpc) is 2.76. The van der Waals surface area contributed by atoms with E-state index < -0.39 is 11.9 Å². The van der Waals surface area contributed by atoms with E-state index in [1.165, 1.54) is 20.3 Å². The fraction of sp³-hybridized carbons (Fsp3) is 0.125. The van der Waals surface area contributed by atoms with Crippen LogP contribution in [-0.2, 0) is 19.1 Å². The summed E-state index contributed by atoms with van der Waals surface area (Å²) in [7, 11) is 2.51. The molecule has 2 rings (SSSR count). The van der Waals surface area contributed by atoms with E-state index in [-0.39, 0.29) is 11.3 Å². The van der Waals surface area contributed by atoms with E-state index in [2.05, 4.69) is 28.6 Å². The van der Waals surface area contributed by atoms with Gasteiger partial charge in [-0.05, 0) is 30.4 Å². The molecule has 1 aromatic rings. The number of carbonyl (C=O) groups is 2. The van der Waals surface area contributed by atoms with Crippen molar-refractivity contribution in [1.29, 1.82) is 0 Å². The summed E-state index contributed by atoms with van der Waals surface area (Å²) in [5.74, 6) is -1.29. The average molecular weight is 396 g/mol. The van der Waals surface area contributed by atoms with Gasteiger partial charge in [-0.2, -0.15) is 0 Å². The van der Waals surface area contributed by atoms with Crippen LogP contribution in [0.3, 0.4) is 0 Å². The van der Waals surface area contributed by atoms with Gasteiger partial charge in [0, 0.05) is 15.6 Å². The number of ether oxygens (including phenoxy) is 2. The van der Waals surface area contributed by atoms with Gasteiger partial charge in [-0.3, -0.25) is 0 Å². The third-order valence-corrected chi connectivity index (χ3v) is 3.94. The lowest BCUT2D eigenvalue weighted by atomic mass is 10.1. The number of methoxy groups -OCH3 is 2. The number of allylic oxidation sites excluding steroid dienone is 2. The molecule has 0 aliphatic carbocycles. The number of thiol groups is 1. The lowest BCUT2D eigenvalue weighted by molar-refractivity contribution is -0.139. The Hall–Kier alpha value is -1.99. The molecule has 1 aliphatic heterocycles. The molecule has 0 unspecified atom stereocenters. The van der Waals surface area contributed by atoms with E-state index in [9.17, 15) is 9.59 Å². The minimum absolute atomic E-state index is 0.0574. The van der Waals surface area contributed by atoms with E-state index in [1.807, 2.05) is 6.07 Å². The molecular formula is C16H14BrNO4S. The Bertz CT molecular complexity index is 740. The first-order valence-corrected chi connectivity index (χ1v) is 7.77. The summed E-state index contributed by atoms with van der Waals surface area (Å²) in [4.78, 5) is 26.5. The molecule has 0 atom stereocenters. The summed E-state index contributed by atoms with van der Waals surface area (Å²) < 4.78 is 10.5. The molecule has 1 heterocycles. The van der Waals surface area contributed by atoms with Crippen LogP contribution in [0.25, 0.3) is 0 Å². The molecule has 1 aliphatic rings. The summed E-state index contributed by atoms with van der Waals surface area (Å²) in [5.41, 5.74) is 0.778. The van der Waals surface area contributed by atoms with Crippen molar-refractivity contribution in [3.05, 3.63) is 58.4 Å². The number of anilines is 1. The van der Waals surface area contributed by atoms with Gasteiger partial charge in [0.1, 0.15) is 5.70 Å². The number of halogens is 1. The normalized spacial score (nSPS) is 13.8. The number of rotatable bonds is 3. The number of nitrogens with zero attached hydrogens (tertiary/aromatic N) is 1. The molecule has 0 spiro atoms. The number of esters is 2. The highest BCUT2D eigenvalue weighted by atomic mass is 79.9. The largest absolute Gasteiger partial charge is 0.465 e. The first-order valence-electron chi connectivity index (χ1n) is 6.53. The molecule has 23 heavy (non-hydrogen) atoms. The van der Waals surface area contributed by atoms with Gasteiger partial charge in [0.25, 0.3) is 0 Å². The highest BCUT2D eigenvalue weighted by molar-refractivity contribution is 9.10. The Labute approximate surface area is 147 Å². The van der Waals surface area contributed by atoms with Crippen LogP contribution in [0.4, 0.5) is 5.69 Å². The zero-order valence-electron chi connectivity index (χ0n) is 12.4. The maximum Gasteiger partial charge on any atom is 0.355 e. The molecule has 5 nitrogen and oxygen atoms in total. The molecule has 0 amide bonds. The van der Waals surface area contributed by atoms with Gasteiger partial charge >= 0.3 is 11.9 Å². The molecule has 120 valence electrons. The molecular weight excluding hydrogens is 382 g/mol. The van der Waals surface area contributed by atoms with Crippen LogP contribution in [0.5, 0.6) is 0 Å². The van der Waals surface area contributed by atoms with Gasteiger partial charge in [-0.1, -0.05) is 22.0 Å². The second kappa shape index (κ2) is 7.52. The van der Waals surface area contributed by atoms with Crippen LogP contribution in [0.2, 0.25) is 0 Å². The Morgan fingerprint density at radius 3 is 2.43 bits per heavy atom. The fourth-order valence-electron chi connectivity index (χ4n) is 2.05. The van der Waals surface area contributed by atoms with Crippen molar-refractivity contribution in [1.82, 2.24) is 0 Å². The van der Waals surface area contributed by atoms with Crippen LogP contribution in [0.15, 0.2) is 63.3 Å². The van der Waals surface area contributed by atoms with Crippen LogP contribution in [-0.4, -0.2) is 26.2 Å². The third-order valence-electron chi connectivity index (χ3n) is 3.09. The van der Waals surface area contributed by atoms with Crippen molar-refractivity contribution in [3.63, 3.8) is 0 Å². The zero-order valence-corrected chi connectivity index (χ0v) is 14.9. The maximum atomic E-state index is 12.3. The van der Waals surface area contributed by atoms with Crippen molar-refractivity contribution in [2.24, 2.45) is 0 Å². The van der Waals surface area contributed by atoms with Crippen LogP contribution >= 0.6 is 28.6 Å². The van der Waals surface area contributed by atoms with Gasteiger partial charge in [-0.25, -0.2) is 9.59 Å². The molecule has 0 N–H and O–H groups in total. The Morgan fingerprint density at radius 1 is 1.13 bits per heavy atom. The SMILES string of the molecule is COC(=O)C1=C(C(=O)OC)N(c2ccc(Br)cc2S)C=CC=C1. The first-order chi connectivity index (χ1) is 11.0. The lowest BCUT2D eigenvalue weighted by Crippen LogP contribution is -2.27. The van der Waals surface area contributed by atoms with Gasteiger partial charge < -0.3 is 14.4 Å². The first kappa shape index (κ1) is 17.4.